The first-order valence-electron chi connectivity index (χ1n) is 4.94. The summed E-state index contributed by atoms with van der Waals surface area (Å²) >= 11 is 6.06. The van der Waals surface area contributed by atoms with Crippen LogP contribution in [0.5, 0.6) is 0 Å². The number of carbonyl (C=O) groups excluding carboxylic acids is 1. The highest BCUT2D eigenvalue weighted by Crippen LogP contribution is 2.20. The normalized spacial score (nSPS) is 22.2. The van der Waals surface area contributed by atoms with Crippen molar-refractivity contribution in [2.45, 2.75) is 0 Å². The zero-order valence-electron chi connectivity index (χ0n) is 8.36. The van der Waals surface area contributed by atoms with Crippen LogP contribution in [0.15, 0.2) is 23.5 Å². The molecular formula is C10H13ClN2O2. The fourth-order valence-electron chi connectivity index (χ4n) is 1.68. The standard InChI is InChI=1S/C10H13ClN2O2/c11-13-2-1-9(8-14)7-10(13)12-3-5-15-6-4-12/h1,7-8H,2-6H2. The van der Waals surface area contributed by atoms with Crippen molar-refractivity contribution in [3.8, 4) is 0 Å². The van der Waals surface area contributed by atoms with E-state index < -0.39 is 0 Å². The minimum atomic E-state index is 0.568. The number of hydrogen-bond acceptors (Lipinski definition) is 4. The molecule has 1 saturated heterocycles. The Bertz CT molecular complexity index is 309. The predicted octanol–water partition coefficient (Wildman–Crippen LogP) is 0.755. The average Bonchev–Trinajstić information content (AvgIpc) is 2.31. The quantitative estimate of drug-likeness (QED) is 0.516. The van der Waals surface area contributed by atoms with Crippen LogP contribution in [-0.4, -0.2) is 48.5 Å². The van der Waals surface area contributed by atoms with Crippen LogP contribution in [0.2, 0.25) is 0 Å². The van der Waals surface area contributed by atoms with Gasteiger partial charge in [0.05, 0.1) is 19.8 Å². The van der Waals surface area contributed by atoms with Gasteiger partial charge >= 0.3 is 0 Å². The minimum Gasteiger partial charge on any atom is -0.378 e. The molecule has 0 amide bonds. The third-order valence-electron chi connectivity index (χ3n) is 2.50. The third-order valence-corrected chi connectivity index (χ3v) is 2.81. The molecule has 2 heterocycles. The van der Waals surface area contributed by atoms with Gasteiger partial charge in [-0.1, -0.05) is 6.08 Å². The highest BCUT2D eigenvalue weighted by Gasteiger charge is 2.20. The summed E-state index contributed by atoms with van der Waals surface area (Å²) in [7, 11) is 0. The summed E-state index contributed by atoms with van der Waals surface area (Å²) in [6, 6.07) is 0. The summed E-state index contributed by atoms with van der Waals surface area (Å²) in [4.78, 5) is 12.8. The monoisotopic (exact) mass is 228 g/mol. The number of morpholine rings is 1. The molecule has 2 rings (SSSR count). The lowest BCUT2D eigenvalue weighted by Crippen LogP contribution is -2.40. The van der Waals surface area contributed by atoms with Gasteiger partial charge < -0.3 is 9.64 Å². The number of nitrogens with zero attached hydrogens (tertiary/aromatic N) is 2. The van der Waals surface area contributed by atoms with Crippen molar-refractivity contribution < 1.29 is 9.53 Å². The predicted molar refractivity (Wildman–Crippen MR) is 57.2 cm³/mol. The van der Waals surface area contributed by atoms with Crippen molar-refractivity contribution in [3.63, 3.8) is 0 Å². The van der Waals surface area contributed by atoms with E-state index in [1.165, 1.54) is 0 Å². The van der Waals surface area contributed by atoms with Crippen LogP contribution in [-0.2, 0) is 9.53 Å². The largest absolute Gasteiger partial charge is 0.378 e. The summed E-state index contributed by atoms with van der Waals surface area (Å²) in [5, 5.41) is 0. The van der Waals surface area contributed by atoms with E-state index in [-0.39, 0.29) is 0 Å². The van der Waals surface area contributed by atoms with Crippen molar-refractivity contribution in [3.05, 3.63) is 23.5 Å². The van der Waals surface area contributed by atoms with E-state index in [2.05, 4.69) is 4.90 Å². The number of allylic oxidation sites excluding steroid dienone is 2. The Balaban J connectivity index is 2.13. The molecule has 0 radical (unpaired) electrons. The SMILES string of the molecule is O=CC1=CCN(Cl)C(N2CCOCC2)=C1. The van der Waals surface area contributed by atoms with Gasteiger partial charge in [-0.15, -0.1) is 0 Å². The highest BCUT2D eigenvalue weighted by atomic mass is 35.5. The molecule has 0 bridgehead atoms. The lowest BCUT2D eigenvalue weighted by Gasteiger charge is -2.35. The van der Waals surface area contributed by atoms with Crippen molar-refractivity contribution in [2.75, 3.05) is 32.8 Å². The lowest BCUT2D eigenvalue weighted by molar-refractivity contribution is -0.104. The van der Waals surface area contributed by atoms with Crippen LogP contribution in [0.3, 0.4) is 0 Å². The maximum absolute atomic E-state index is 10.7. The Hall–Kier alpha value is -1.00. The summed E-state index contributed by atoms with van der Waals surface area (Å²) < 4.78 is 6.89. The number of ether oxygens (including phenoxy) is 1. The van der Waals surface area contributed by atoms with Gasteiger partial charge in [-0.3, -0.25) is 9.21 Å². The summed E-state index contributed by atoms with van der Waals surface area (Å²) in [6.45, 7) is 3.63. The van der Waals surface area contributed by atoms with Crippen LogP contribution >= 0.6 is 11.8 Å². The smallest absolute Gasteiger partial charge is 0.149 e. The molecule has 0 N–H and O–H groups in total. The molecular weight excluding hydrogens is 216 g/mol. The molecule has 0 aromatic rings. The second-order valence-electron chi connectivity index (χ2n) is 3.47. The van der Waals surface area contributed by atoms with Crippen molar-refractivity contribution >= 4 is 18.1 Å². The first-order valence-corrected chi connectivity index (χ1v) is 5.28. The van der Waals surface area contributed by atoms with Gasteiger partial charge in [0.15, 0.2) is 0 Å². The molecule has 0 aromatic heterocycles. The molecule has 1 fully saturated rings. The van der Waals surface area contributed by atoms with Crippen molar-refractivity contribution in [1.29, 1.82) is 0 Å². The first-order chi connectivity index (χ1) is 7.31. The second kappa shape index (κ2) is 4.68. The van der Waals surface area contributed by atoms with E-state index in [0.717, 1.165) is 25.2 Å². The van der Waals surface area contributed by atoms with Crippen LogP contribution < -0.4 is 0 Å². The molecule has 15 heavy (non-hydrogen) atoms. The molecule has 2 aliphatic heterocycles. The topological polar surface area (TPSA) is 32.8 Å². The molecule has 0 spiro atoms. The molecule has 0 atom stereocenters. The average molecular weight is 229 g/mol. The van der Waals surface area contributed by atoms with Crippen LogP contribution in [0.4, 0.5) is 0 Å². The molecule has 0 aromatic carbocycles. The van der Waals surface area contributed by atoms with Crippen molar-refractivity contribution in [1.82, 2.24) is 9.32 Å². The zero-order valence-corrected chi connectivity index (χ0v) is 9.11. The third kappa shape index (κ3) is 2.33. The molecule has 0 saturated carbocycles. The van der Waals surface area contributed by atoms with E-state index in [0.29, 0.717) is 25.3 Å². The molecule has 2 aliphatic rings. The number of aldehydes is 1. The van der Waals surface area contributed by atoms with Crippen LogP contribution in [0.25, 0.3) is 0 Å². The number of carbonyl (C=O) groups is 1. The molecule has 4 nitrogen and oxygen atoms in total. The maximum Gasteiger partial charge on any atom is 0.149 e. The van der Waals surface area contributed by atoms with Crippen LogP contribution in [0, 0.1) is 0 Å². The second-order valence-corrected chi connectivity index (χ2v) is 3.88. The molecule has 5 heteroatoms. The van der Waals surface area contributed by atoms with E-state index in [9.17, 15) is 4.79 Å². The van der Waals surface area contributed by atoms with Crippen LogP contribution in [0.1, 0.15) is 0 Å². The summed E-state index contributed by atoms with van der Waals surface area (Å²) in [5.74, 6) is 0.893. The van der Waals surface area contributed by atoms with Gasteiger partial charge in [0.1, 0.15) is 12.1 Å². The van der Waals surface area contributed by atoms with E-state index in [4.69, 9.17) is 16.5 Å². The van der Waals surface area contributed by atoms with Gasteiger partial charge in [-0.2, -0.15) is 0 Å². The molecule has 0 aliphatic carbocycles. The number of hydrogen-bond donors (Lipinski definition) is 0. The Morgan fingerprint density at radius 1 is 1.40 bits per heavy atom. The van der Waals surface area contributed by atoms with E-state index in [1.54, 1.807) is 4.42 Å². The Kier molecular flexibility index (Phi) is 3.28. The number of halogens is 1. The van der Waals surface area contributed by atoms with Gasteiger partial charge in [0.25, 0.3) is 0 Å². The van der Waals surface area contributed by atoms with Gasteiger partial charge in [0, 0.05) is 30.4 Å². The lowest BCUT2D eigenvalue weighted by atomic mass is 10.2. The minimum absolute atomic E-state index is 0.568. The fourth-order valence-corrected chi connectivity index (χ4v) is 1.90. The number of rotatable bonds is 2. The Labute approximate surface area is 93.8 Å². The maximum atomic E-state index is 10.7. The molecule has 0 unspecified atom stereocenters. The van der Waals surface area contributed by atoms with E-state index in [1.807, 2.05) is 12.2 Å². The Morgan fingerprint density at radius 2 is 2.13 bits per heavy atom. The van der Waals surface area contributed by atoms with E-state index >= 15 is 0 Å². The van der Waals surface area contributed by atoms with Gasteiger partial charge in [-0.25, -0.2) is 0 Å². The highest BCUT2D eigenvalue weighted by molar-refractivity contribution is 6.14. The zero-order chi connectivity index (χ0) is 10.7. The van der Waals surface area contributed by atoms with Gasteiger partial charge in [0.2, 0.25) is 0 Å². The fraction of sp³-hybridized carbons (Fsp3) is 0.500. The first kappa shape index (κ1) is 10.5. The summed E-state index contributed by atoms with van der Waals surface area (Å²) in [5.41, 5.74) is 0.688. The molecule has 82 valence electrons. The van der Waals surface area contributed by atoms with Gasteiger partial charge in [-0.05, 0) is 6.08 Å². The Morgan fingerprint density at radius 3 is 2.80 bits per heavy atom. The summed E-state index contributed by atoms with van der Waals surface area (Å²) in [6.07, 6.45) is 4.48. The van der Waals surface area contributed by atoms with Crippen molar-refractivity contribution in [2.24, 2.45) is 0 Å².